The summed E-state index contributed by atoms with van der Waals surface area (Å²) in [5.74, 6) is 0.878. The molecule has 2 fully saturated rings. The zero-order chi connectivity index (χ0) is 14.8. The van der Waals surface area contributed by atoms with Crippen molar-refractivity contribution < 1.29 is 9.90 Å². The van der Waals surface area contributed by atoms with Gasteiger partial charge < -0.3 is 10.0 Å². The van der Waals surface area contributed by atoms with E-state index < -0.39 is 0 Å². The van der Waals surface area contributed by atoms with Crippen molar-refractivity contribution in [2.24, 2.45) is 5.92 Å². The number of nitrogens with zero attached hydrogens (tertiary/aromatic N) is 3. The molecule has 0 spiro atoms. The first kappa shape index (κ1) is 14.9. The number of hydrogen-bond donors (Lipinski definition) is 1. The Morgan fingerprint density at radius 2 is 2.29 bits per heavy atom. The van der Waals surface area contributed by atoms with Crippen LogP contribution in [-0.4, -0.2) is 64.6 Å². The molecule has 1 saturated heterocycles. The van der Waals surface area contributed by atoms with E-state index >= 15 is 0 Å². The maximum absolute atomic E-state index is 12.5. The number of amides is 1. The van der Waals surface area contributed by atoms with Crippen molar-refractivity contribution >= 4 is 17.2 Å². The number of rotatable bonds is 5. The molecule has 21 heavy (non-hydrogen) atoms. The van der Waals surface area contributed by atoms with Gasteiger partial charge in [0.15, 0.2) is 0 Å². The average molecular weight is 309 g/mol. The molecule has 116 valence electrons. The molecule has 1 atom stereocenters. The lowest BCUT2D eigenvalue weighted by molar-refractivity contribution is 0.0403. The topological polar surface area (TPSA) is 56.7 Å². The van der Waals surface area contributed by atoms with Gasteiger partial charge in [-0.1, -0.05) is 0 Å². The predicted octanol–water partition coefficient (Wildman–Crippen LogP) is 1.37. The summed E-state index contributed by atoms with van der Waals surface area (Å²) in [7, 11) is 0. The van der Waals surface area contributed by atoms with Crippen LogP contribution in [0.25, 0.3) is 0 Å². The fourth-order valence-electron chi connectivity index (χ4n) is 3.00. The van der Waals surface area contributed by atoms with Crippen LogP contribution in [0, 0.1) is 12.8 Å². The third-order valence-corrected chi connectivity index (χ3v) is 5.16. The van der Waals surface area contributed by atoms with E-state index in [1.807, 2.05) is 17.2 Å². The highest BCUT2D eigenvalue weighted by Gasteiger charge is 2.33. The highest BCUT2D eigenvalue weighted by atomic mass is 32.1. The van der Waals surface area contributed by atoms with Crippen molar-refractivity contribution in [3.63, 3.8) is 0 Å². The molecule has 2 heterocycles. The van der Waals surface area contributed by atoms with Crippen molar-refractivity contribution in [2.75, 3.05) is 32.8 Å². The van der Waals surface area contributed by atoms with E-state index in [4.69, 9.17) is 0 Å². The van der Waals surface area contributed by atoms with Crippen LogP contribution in [0.15, 0.2) is 5.38 Å². The summed E-state index contributed by atoms with van der Waals surface area (Å²) < 4.78 is 0. The third kappa shape index (κ3) is 3.62. The number of carbonyl (C=O) groups is 1. The number of aliphatic hydroxyl groups is 1. The summed E-state index contributed by atoms with van der Waals surface area (Å²) in [5.41, 5.74) is 0.566. The largest absolute Gasteiger partial charge is 0.396 e. The summed E-state index contributed by atoms with van der Waals surface area (Å²) in [5, 5.41) is 12.1. The Labute approximate surface area is 129 Å². The van der Waals surface area contributed by atoms with Crippen LogP contribution in [0.5, 0.6) is 0 Å². The lowest BCUT2D eigenvalue weighted by Crippen LogP contribution is -2.55. The van der Waals surface area contributed by atoms with E-state index in [9.17, 15) is 9.90 Å². The summed E-state index contributed by atoms with van der Waals surface area (Å²) in [6.45, 7) is 5.62. The van der Waals surface area contributed by atoms with Crippen LogP contribution in [-0.2, 0) is 0 Å². The van der Waals surface area contributed by atoms with Gasteiger partial charge in [-0.15, -0.1) is 11.3 Å². The maximum atomic E-state index is 12.5. The molecule has 1 aromatic heterocycles. The molecule has 0 bridgehead atoms. The summed E-state index contributed by atoms with van der Waals surface area (Å²) in [6, 6.07) is 0.285. The van der Waals surface area contributed by atoms with E-state index in [2.05, 4.69) is 9.88 Å². The van der Waals surface area contributed by atoms with Crippen molar-refractivity contribution in [3.8, 4) is 0 Å². The molecule has 3 rings (SSSR count). The molecule has 0 unspecified atom stereocenters. The van der Waals surface area contributed by atoms with Crippen molar-refractivity contribution in [1.82, 2.24) is 14.8 Å². The van der Waals surface area contributed by atoms with Gasteiger partial charge in [0, 0.05) is 44.2 Å². The molecule has 5 nitrogen and oxygen atoms in total. The fourth-order valence-corrected chi connectivity index (χ4v) is 3.58. The fraction of sp³-hybridized carbons (Fsp3) is 0.733. The monoisotopic (exact) mass is 309 g/mol. The molecular weight excluding hydrogens is 286 g/mol. The van der Waals surface area contributed by atoms with Gasteiger partial charge in [0.05, 0.1) is 5.01 Å². The number of thiazole rings is 1. The molecule has 6 heteroatoms. The van der Waals surface area contributed by atoms with Gasteiger partial charge in [-0.3, -0.25) is 9.69 Å². The average Bonchev–Trinajstić information content (AvgIpc) is 3.19. The minimum Gasteiger partial charge on any atom is -0.396 e. The lowest BCUT2D eigenvalue weighted by atomic mass is 10.1. The highest BCUT2D eigenvalue weighted by molar-refractivity contribution is 7.09. The highest BCUT2D eigenvalue weighted by Crippen LogP contribution is 2.31. The van der Waals surface area contributed by atoms with E-state index in [1.165, 1.54) is 24.2 Å². The minimum absolute atomic E-state index is 0.0355. The minimum atomic E-state index is 0.0355. The number of carbonyl (C=O) groups excluding carboxylic acids is 1. The Hall–Kier alpha value is -0.980. The lowest BCUT2D eigenvalue weighted by Gasteiger charge is -2.41. The third-order valence-electron chi connectivity index (χ3n) is 4.38. The number of aromatic nitrogens is 1. The van der Waals surface area contributed by atoms with Crippen LogP contribution >= 0.6 is 11.3 Å². The molecule has 1 saturated carbocycles. The Morgan fingerprint density at radius 3 is 2.90 bits per heavy atom. The van der Waals surface area contributed by atoms with Gasteiger partial charge in [-0.2, -0.15) is 0 Å². The molecule has 0 aromatic carbocycles. The van der Waals surface area contributed by atoms with Crippen LogP contribution in [0.4, 0.5) is 0 Å². The van der Waals surface area contributed by atoms with Crippen LogP contribution in [0.2, 0.25) is 0 Å². The molecule has 1 amide bonds. The first-order valence-corrected chi connectivity index (χ1v) is 8.61. The van der Waals surface area contributed by atoms with Crippen molar-refractivity contribution in [1.29, 1.82) is 0 Å². The zero-order valence-electron chi connectivity index (χ0n) is 12.5. The second kappa shape index (κ2) is 6.42. The van der Waals surface area contributed by atoms with Crippen LogP contribution in [0.3, 0.4) is 0 Å². The quantitative estimate of drug-likeness (QED) is 0.892. The summed E-state index contributed by atoms with van der Waals surface area (Å²) in [4.78, 5) is 21.2. The summed E-state index contributed by atoms with van der Waals surface area (Å²) >= 11 is 1.52. The number of piperazine rings is 1. The van der Waals surface area contributed by atoms with Gasteiger partial charge in [-0.25, -0.2) is 4.98 Å². The maximum Gasteiger partial charge on any atom is 0.273 e. The molecule has 2 aliphatic rings. The van der Waals surface area contributed by atoms with Gasteiger partial charge in [0.2, 0.25) is 0 Å². The van der Waals surface area contributed by atoms with Crippen LogP contribution in [0.1, 0.15) is 34.8 Å². The van der Waals surface area contributed by atoms with E-state index in [0.29, 0.717) is 12.2 Å². The van der Waals surface area contributed by atoms with Gasteiger partial charge in [-0.05, 0) is 32.1 Å². The number of aryl methyl sites for hydroxylation is 1. The normalized spacial score (nSPS) is 23.5. The first-order chi connectivity index (χ1) is 10.2. The Balaban J connectivity index is 1.63. The Kier molecular flexibility index (Phi) is 4.57. The smallest absolute Gasteiger partial charge is 0.273 e. The van der Waals surface area contributed by atoms with Crippen LogP contribution < -0.4 is 0 Å². The number of hydrogen-bond acceptors (Lipinski definition) is 5. The molecular formula is C15H23N3O2S. The van der Waals surface area contributed by atoms with Crippen molar-refractivity contribution in [3.05, 3.63) is 16.1 Å². The Bertz CT molecular complexity index is 501. The molecule has 1 N–H and O–H groups in total. The van der Waals surface area contributed by atoms with E-state index in [0.717, 1.165) is 37.0 Å². The second-order valence-electron chi connectivity index (χ2n) is 6.11. The van der Waals surface area contributed by atoms with Crippen molar-refractivity contribution in [2.45, 2.75) is 32.2 Å². The SMILES string of the molecule is Cc1nc(C(=O)N2CCN(CC3CC3)[C@@H](CCO)C2)cs1. The molecule has 1 aliphatic heterocycles. The Morgan fingerprint density at radius 1 is 1.48 bits per heavy atom. The second-order valence-corrected chi connectivity index (χ2v) is 7.17. The molecule has 1 aliphatic carbocycles. The molecule has 1 aromatic rings. The first-order valence-electron chi connectivity index (χ1n) is 7.73. The van der Waals surface area contributed by atoms with Gasteiger partial charge in [0.1, 0.15) is 5.69 Å². The standard InChI is InChI=1S/C15H23N3O2S/c1-11-16-14(10-21-11)15(20)18-6-5-17(8-12-2-3-12)13(9-18)4-7-19/h10,12-13,19H,2-9H2,1H3/t13-/m0/s1. The van der Waals surface area contributed by atoms with E-state index in [-0.39, 0.29) is 18.6 Å². The molecule has 0 radical (unpaired) electrons. The number of aliphatic hydroxyl groups excluding tert-OH is 1. The van der Waals surface area contributed by atoms with Gasteiger partial charge in [0.25, 0.3) is 5.91 Å². The van der Waals surface area contributed by atoms with E-state index in [1.54, 1.807) is 0 Å². The summed E-state index contributed by atoms with van der Waals surface area (Å²) in [6.07, 6.45) is 3.42. The predicted molar refractivity (Wildman–Crippen MR) is 82.5 cm³/mol. The van der Waals surface area contributed by atoms with Gasteiger partial charge >= 0.3 is 0 Å². The zero-order valence-corrected chi connectivity index (χ0v) is 13.3.